The molecule has 0 N–H and O–H groups in total. The van der Waals surface area contributed by atoms with Crippen molar-refractivity contribution in [2.75, 3.05) is 0 Å². The van der Waals surface area contributed by atoms with Crippen LogP contribution in [-0.2, 0) is 0 Å². The standard InChI is InChI=1S/C55H33N5/c56-34-35-15-14-24-44-52-50(59(53(35)44)38-20-8-3-9-21-38)32-28-41-40-22-10-12-25-46(40)60(54(41)52)39-27-30-48-45(33-39)42-29-31-49-51(55(42)58(48)37-18-6-2-7-19-37)43-23-11-13-26-47(43)57(49)36-16-4-1-5-17-36/h1-33H. The van der Waals surface area contributed by atoms with Crippen LogP contribution < -0.4 is 0 Å². The van der Waals surface area contributed by atoms with Gasteiger partial charge in [0.05, 0.1) is 49.7 Å². The van der Waals surface area contributed by atoms with Crippen LogP contribution in [0.5, 0.6) is 0 Å². The lowest BCUT2D eigenvalue weighted by atomic mass is 10.1. The molecule has 0 aliphatic heterocycles. The fourth-order valence-electron chi connectivity index (χ4n) is 10.2. The van der Waals surface area contributed by atoms with E-state index < -0.39 is 0 Å². The Bertz CT molecular complexity index is 3930. The van der Waals surface area contributed by atoms with Crippen LogP contribution in [0.2, 0.25) is 0 Å². The SMILES string of the molecule is N#Cc1cccc2c3c(ccc4c5ccccc5n(-c5ccc6c(c5)c5ccc7c(c8ccccc8n7-c7ccccc7)c5n6-c5ccccc5)c43)n(-c3ccccc3)c12. The van der Waals surface area contributed by atoms with Crippen LogP contribution in [0.1, 0.15) is 5.56 Å². The van der Waals surface area contributed by atoms with Crippen molar-refractivity contribution in [2.45, 2.75) is 0 Å². The topological polar surface area (TPSA) is 43.5 Å². The molecule has 9 aromatic carbocycles. The number of nitriles is 1. The number of rotatable bonds is 4. The molecule has 0 spiro atoms. The Kier molecular flexibility index (Phi) is 6.73. The van der Waals surface area contributed by atoms with Gasteiger partial charge in [-0.15, -0.1) is 0 Å². The lowest BCUT2D eigenvalue weighted by Gasteiger charge is -2.12. The molecule has 13 rings (SSSR count). The van der Waals surface area contributed by atoms with Gasteiger partial charge in [-0.3, -0.25) is 0 Å². The van der Waals surface area contributed by atoms with Gasteiger partial charge in [0.25, 0.3) is 0 Å². The molecule has 60 heavy (non-hydrogen) atoms. The lowest BCUT2D eigenvalue weighted by molar-refractivity contribution is 1.16. The highest BCUT2D eigenvalue weighted by atomic mass is 15.0. The van der Waals surface area contributed by atoms with Crippen molar-refractivity contribution in [3.63, 3.8) is 0 Å². The number of aromatic nitrogens is 4. The Morgan fingerprint density at radius 2 is 0.733 bits per heavy atom. The number of fused-ring (bicyclic) bond motifs is 14. The molecular weight excluding hydrogens is 731 g/mol. The van der Waals surface area contributed by atoms with Crippen molar-refractivity contribution < 1.29 is 0 Å². The molecule has 278 valence electrons. The van der Waals surface area contributed by atoms with Gasteiger partial charge >= 0.3 is 0 Å². The zero-order chi connectivity index (χ0) is 39.5. The summed E-state index contributed by atoms with van der Waals surface area (Å²) in [7, 11) is 0. The normalized spacial score (nSPS) is 12.0. The lowest BCUT2D eigenvalue weighted by Crippen LogP contribution is -1.97. The molecule has 0 unspecified atom stereocenters. The van der Waals surface area contributed by atoms with Gasteiger partial charge in [0, 0.05) is 65.8 Å². The first-order valence-corrected chi connectivity index (χ1v) is 20.3. The van der Waals surface area contributed by atoms with Crippen molar-refractivity contribution in [2.24, 2.45) is 0 Å². The third-order valence-electron chi connectivity index (χ3n) is 12.6. The second-order valence-electron chi connectivity index (χ2n) is 15.6. The molecular formula is C55H33N5. The van der Waals surface area contributed by atoms with Gasteiger partial charge in [-0.05, 0) is 84.9 Å². The van der Waals surface area contributed by atoms with Crippen molar-refractivity contribution in [3.05, 3.63) is 206 Å². The Hall–Kier alpha value is -8.33. The Labute approximate surface area is 344 Å². The summed E-state index contributed by atoms with van der Waals surface area (Å²) < 4.78 is 9.57. The molecule has 4 aromatic heterocycles. The minimum absolute atomic E-state index is 0.651. The van der Waals surface area contributed by atoms with Crippen LogP contribution in [0.25, 0.3) is 110 Å². The summed E-state index contributed by atoms with van der Waals surface area (Å²) >= 11 is 0. The number of hydrogen-bond acceptors (Lipinski definition) is 1. The smallest absolute Gasteiger partial charge is 0.101 e. The summed E-state index contributed by atoms with van der Waals surface area (Å²) in [5.74, 6) is 0. The highest BCUT2D eigenvalue weighted by molar-refractivity contribution is 6.28. The molecule has 0 saturated heterocycles. The second kappa shape index (κ2) is 12.3. The number of nitrogens with zero attached hydrogens (tertiary/aromatic N) is 5. The van der Waals surface area contributed by atoms with Crippen LogP contribution in [0.4, 0.5) is 0 Å². The van der Waals surface area contributed by atoms with Crippen LogP contribution in [0.3, 0.4) is 0 Å². The van der Waals surface area contributed by atoms with E-state index in [4.69, 9.17) is 0 Å². The molecule has 13 aromatic rings. The molecule has 0 atom stereocenters. The van der Waals surface area contributed by atoms with Gasteiger partial charge in [0.2, 0.25) is 0 Å². The maximum Gasteiger partial charge on any atom is 0.101 e. The van der Waals surface area contributed by atoms with E-state index in [0.29, 0.717) is 5.56 Å². The summed E-state index contributed by atoms with van der Waals surface area (Å²) in [6, 6.07) is 74.1. The summed E-state index contributed by atoms with van der Waals surface area (Å²) in [5.41, 5.74) is 14.0. The zero-order valence-electron chi connectivity index (χ0n) is 32.3. The van der Waals surface area contributed by atoms with E-state index in [1.54, 1.807) is 0 Å². The third kappa shape index (κ3) is 4.34. The first-order valence-electron chi connectivity index (χ1n) is 20.3. The third-order valence-corrected chi connectivity index (χ3v) is 12.6. The number of hydrogen-bond donors (Lipinski definition) is 0. The molecule has 0 fully saturated rings. The minimum atomic E-state index is 0.651. The summed E-state index contributed by atoms with van der Waals surface area (Å²) in [4.78, 5) is 0. The average Bonchev–Trinajstić information content (AvgIpc) is 4.04. The van der Waals surface area contributed by atoms with E-state index in [2.05, 4.69) is 206 Å². The Morgan fingerprint density at radius 3 is 1.38 bits per heavy atom. The fraction of sp³-hybridized carbons (Fsp3) is 0. The minimum Gasteiger partial charge on any atom is -0.309 e. The Morgan fingerprint density at radius 1 is 0.283 bits per heavy atom. The second-order valence-corrected chi connectivity index (χ2v) is 15.6. The average molecular weight is 764 g/mol. The highest BCUT2D eigenvalue weighted by Gasteiger charge is 2.25. The van der Waals surface area contributed by atoms with Gasteiger partial charge in [-0.25, -0.2) is 0 Å². The zero-order valence-corrected chi connectivity index (χ0v) is 32.3. The molecule has 5 nitrogen and oxygen atoms in total. The molecule has 4 heterocycles. The first-order chi connectivity index (χ1) is 29.8. The van der Waals surface area contributed by atoms with E-state index in [1.807, 2.05) is 18.2 Å². The first kappa shape index (κ1) is 32.7. The van der Waals surface area contributed by atoms with Crippen LogP contribution in [-0.4, -0.2) is 18.3 Å². The van der Waals surface area contributed by atoms with Gasteiger partial charge in [-0.1, -0.05) is 115 Å². The predicted octanol–water partition coefficient (Wildman–Crippen LogP) is 13.9. The van der Waals surface area contributed by atoms with Crippen LogP contribution in [0.15, 0.2) is 200 Å². The molecule has 5 heteroatoms. The van der Waals surface area contributed by atoms with Crippen molar-refractivity contribution in [3.8, 4) is 28.8 Å². The molecule has 0 amide bonds. The van der Waals surface area contributed by atoms with Crippen molar-refractivity contribution in [1.82, 2.24) is 18.3 Å². The van der Waals surface area contributed by atoms with E-state index in [0.717, 1.165) is 61.1 Å². The quantitative estimate of drug-likeness (QED) is 0.176. The Balaban J connectivity index is 1.18. The summed E-state index contributed by atoms with van der Waals surface area (Å²) in [6.45, 7) is 0. The van der Waals surface area contributed by atoms with Crippen molar-refractivity contribution >= 4 is 87.2 Å². The maximum absolute atomic E-state index is 10.5. The molecule has 0 aliphatic carbocycles. The maximum atomic E-state index is 10.5. The molecule has 0 radical (unpaired) electrons. The molecule has 0 saturated carbocycles. The monoisotopic (exact) mass is 763 g/mol. The fourth-order valence-corrected chi connectivity index (χ4v) is 10.2. The summed E-state index contributed by atoms with van der Waals surface area (Å²) in [5, 5.41) is 19.9. The largest absolute Gasteiger partial charge is 0.309 e. The van der Waals surface area contributed by atoms with E-state index in [1.165, 1.54) is 48.9 Å². The van der Waals surface area contributed by atoms with Gasteiger partial charge < -0.3 is 18.3 Å². The van der Waals surface area contributed by atoms with E-state index in [-0.39, 0.29) is 0 Å². The van der Waals surface area contributed by atoms with Gasteiger partial charge in [0.15, 0.2) is 0 Å². The van der Waals surface area contributed by atoms with Crippen LogP contribution in [0, 0.1) is 11.3 Å². The van der Waals surface area contributed by atoms with Crippen molar-refractivity contribution in [1.29, 1.82) is 5.26 Å². The van der Waals surface area contributed by atoms with Gasteiger partial charge in [-0.2, -0.15) is 5.26 Å². The molecule has 0 bridgehead atoms. The molecule has 0 aliphatic rings. The van der Waals surface area contributed by atoms with E-state index >= 15 is 0 Å². The van der Waals surface area contributed by atoms with Crippen LogP contribution >= 0.6 is 0 Å². The highest BCUT2D eigenvalue weighted by Crippen LogP contribution is 2.45. The predicted molar refractivity (Wildman–Crippen MR) is 249 cm³/mol. The number of para-hydroxylation sites is 6. The summed E-state index contributed by atoms with van der Waals surface area (Å²) in [6.07, 6.45) is 0. The van der Waals surface area contributed by atoms with Gasteiger partial charge in [0.1, 0.15) is 6.07 Å². The number of benzene rings is 9. The van der Waals surface area contributed by atoms with E-state index in [9.17, 15) is 5.26 Å².